The zero-order valence-electron chi connectivity index (χ0n) is 14.8. The van der Waals surface area contributed by atoms with Gasteiger partial charge in [0.2, 0.25) is 0 Å². The summed E-state index contributed by atoms with van der Waals surface area (Å²) in [7, 11) is 4.09. The third kappa shape index (κ3) is 2.99. The fourth-order valence-electron chi connectivity index (χ4n) is 3.18. The summed E-state index contributed by atoms with van der Waals surface area (Å²) in [4.78, 5) is 14.8. The lowest BCUT2D eigenvalue weighted by Gasteiger charge is -2.14. The van der Waals surface area contributed by atoms with E-state index in [-0.39, 0.29) is 5.56 Å². The van der Waals surface area contributed by atoms with Crippen molar-refractivity contribution in [2.24, 2.45) is 0 Å². The fourth-order valence-corrected chi connectivity index (χ4v) is 3.18. The second kappa shape index (κ2) is 6.61. The molecule has 0 N–H and O–H groups in total. The molecule has 0 amide bonds. The minimum Gasteiger partial charge on any atom is -0.309 e. The first-order chi connectivity index (χ1) is 11.5. The van der Waals surface area contributed by atoms with E-state index in [9.17, 15) is 4.79 Å². The molecule has 2 aromatic heterocycles. The predicted octanol–water partition coefficient (Wildman–Crippen LogP) is 2.76. The molecular weight excluding hydrogens is 300 g/mol. The van der Waals surface area contributed by atoms with Gasteiger partial charge in [-0.05, 0) is 58.6 Å². The van der Waals surface area contributed by atoms with Crippen molar-refractivity contribution < 1.29 is 0 Å². The second-order valence-electron chi connectivity index (χ2n) is 6.51. The monoisotopic (exact) mass is 324 g/mol. The topological polar surface area (TPSA) is 43.1 Å². The Morgan fingerprint density at radius 2 is 1.83 bits per heavy atom. The van der Waals surface area contributed by atoms with Crippen molar-refractivity contribution in [2.45, 2.75) is 26.8 Å². The summed E-state index contributed by atoms with van der Waals surface area (Å²) >= 11 is 0. The van der Waals surface area contributed by atoms with Crippen molar-refractivity contribution in [3.63, 3.8) is 0 Å². The summed E-state index contributed by atoms with van der Waals surface area (Å²) in [5.74, 6) is 0. The van der Waals surface area contributed by atoms with Gasteiger partial charge in [-0.1, -0.05) is 18.2 Å². The Kier molecular flexibility index (Phi) is 4.53. The van der Waals surface area contributed by atoms with Crippen LogP contribution >= 0.6 is 0 Å². The number of aryl methyl sites for hydroxylation is 3. The Morgan fingerprint density at radius 3 is 2.50 bits per heavy atom. The lowest BCUT2D eigenvalue weighted by atomic mass is 10.1. The Morgan fingerprint density at radius 1 is 1.12 bits per heavy atom. The van der Waals surface area contributed by atoms with Gasteiger partial charge in [-0.3, -0.25) is 9.36 Å². The molecule has 0 aliphatic carbocycles. The Bertz CT molecular complexity index is 907. The van der Waals surface area contributed by atoms with Crippen LogP contribution in [0.1, 0.15) is 17.7 Å². The molecule has 2 heterocycles. The second-order valence-corrected chi connectivity index (χ2v) is 6.51. The molecule has 0 saturated carbocycles. The van der Waals surface area contributed by atoms with Crippen LogP contribution in [0.15, 0.2) is 41.2 Å². The van der Waals surface area contributed by atoms with E-state index in [1.807, 2.05) is 67.5 Å². The van der Waals surface area contributed by atoms with Crippen LogP contribution in [-0.2, 0) is 6.54 Å². The number of para-hydroxylation sites is 1. The third-order valence-corrected chi connectivity index (χ3v) is 4.28. The van der Waals surface area contributed by atoms with Gasteiger partial charge in [-0.15, -0.1) is 0 Å². The van der Waals surface area contributed by atoms with E-state index >= 15 is 0 Å². The number of hydrogen-bond acceptors (Lipinski definition) is 3. The zero-order valence-corrected chi connectivity index (χ0v) is 14.8. The van der Waals surface area contributed by atoms with Gasteiger partial charge in [0.1, 0.15) is 5.65 Å². The molecule has 0 saturated heterocycles. The van der Waals surface area contributed by atoms with Crippen molar-refractivity contribution in [1.29, 1.82) is 0 Å². The number of pyridine rings is 1. The van der Waals surface area contributed by atoms with Crippen molar-refractivity contribution in [3.8, 4) is 5.69 Å². The molecule has 0 spiro atoms. The van der Waals surface area contributed by atoms with Crippen LogP contribution in [-0.4, -0.2) is 39.9 Å². The van der Waals surface area contributed by atoms with Crippen LogP contribution in [0, 0.1) is 13.8 Å². The van der Waals surface area contributed by atoms with Crippen molar-refractivity contribution in [1.82, 2.24) is 19.2 Å². The van der Waals surface area contributed by atoms with Crippen LogP contribution in [0.25, 0.3) is 16.7 Å². The maximum absolute atomic E-state index is 12.6. The first kappa shape index (κ1) is 16.5. The Hall–Kier alpha value is -2.40. The number of aromatic nitrogens is 3. The average molecular weight is 324 g/mol. The minimum absolute atomic E-state index is 0.0378. The number of fused-ring (bicyclic) bond motifs is 1. The van der Waals surface area contributed by atoms with Crippen LogP contribution in [0.5, 0.6) is 0 Å². The fraction of sp³-hybridized carbons (Fsp3) is 0.368. The largest absolute Gasteiger partial charge is 0.309 e. The highest BCUT2D eigenvalue weighted by molar-refractivity contribution is 5.83. The number of hydrogen-bond donors (Lipinski definition) is 0. The molecule has 0 atom stereocenters. The first-order valence-electron chi connectivity index (χ1n) is 8.29. The molecule has 126 valence electrons. The van der Waals surface area contributed by atoms with Gasteiger partial charge in [0, 0.05) is 18.0 Å². The van der Waals surface area contributed by atoms with Gasteiger partial charge in [0.05, 0.1) is 11.4 Å². The lowest BCUT2D eigenvalue weighted by Crippen LogP contribution is -2.24. The lowest BCUT2D eigenvalue weighted by molar-refractivity contribution is 0.386. The van der Waals surface area contributed by atoms with Gasteiger partial charge in [0.25, 0.3) is 5.56 Å². The molecule has 24 heavy (non-hydrogen) atoms. The molecule has 3 rings (SSSR count). The molecule has 0 unspecified atom stereocenters. The van der Waals surface area contributed by atoms with E-state index < -0.39 is 0 Å². The average Bonchev–Trinajstić information content (AvgIpc) is 2.89. The number of rotatable bonds is 5. The van der Waals surface area contributed by atoms with Crippen LogP contribution in [0.4, 0.5) is 0 Å². The summed E-state index contributed by atoms with van der Waals surface area (Å²) in [6.45, 7) is 5.62. The summed E-state index contributed by atoms with van der Waals surface area (Å²) in [6, 6.07) is 11.7. The van der Waals surface area contributed by atoms with E-state index in [2.05, 4.69) is 4.90 Å². The highest BCUT2D eigenvalue weighted by Crippen LogP contribution is 2.23. The highest BCUT2D eigenvalue weighted by Gasteiger charge is 2.16. The summed E-state index contributed by atoms with van der Waals surface area (Å²) < 4.78 is 3.76. The van der Waals surface area contributed by atoms with Crippen molar-refractivity contribution in [2.75, 3.05) is 20.6 Å². The minimum atomic E-state index is 0.0378. The standard InChI is InChI=1S/C19H24N4O/c1-14-13-17(24)22(12-8-11-21(3)4)19-18(14)15(2)20-23(19)16-9-6-5-7-10-16/h5-7,9-10,13H,8,11-12H2,1-4H3. The van der Waals surface area contributed by atoms with Crippen molar-refractivity contribution >= 4 is 11.0 Å². The highest BCUT2D eigenvalue weighted by atomic mass is 16.1. The summed E-state index contributed by atoms with van der Waals surface area (Å²) in [5, 5.41) is 5.78. The normalized spacial score (nSPS) is 11.5. The smallest absolute Gasteiger partial charge is 0.252 e. The molecule has 0 radical (unpaired) electrons. The van der Waals surface area contributed by atoms with E-state index in [0.717, 1.165) is 40.9 Å². The summed E-state index contributed by atoms with van der Waals surface area (Å²) in [5.41, 5.74) is 3.84. The van der Waals surface area contributed by atoms with E-state index in [0.29, 0.717) is 6.54 Å². The van der Waals surface area contributed by atoms with Crippen LogP contribution in [0.2, 0.25) is 0 Å². The quantitative estimate of drug-likeness (QED) is 0.725. The number of nitrogens with zero attached hydrogens (tertiary/aromatic N) is 4. The summed E-state index contributed by atoms with van der Waals surface area (Å²) in [6.07, 6.45) is 0.921. The maximum Gasteiger partial charge on any atom is 0.252 e. The maximum atomic E-state index is 12.6. The van der Waals surface area contributed by atoms with Crippen molar-refractivity contribution in [3.05, 3.63) is 58.0 Å². The molecule has 3 aromatic rings. The van der Waals surface area contributed by atoms with E-state index in [4.69, 9.17) is 5.10 Å². The molecule has 0 bridgehead atoms. The van der Waals surface area contributed by atoms with E-state index in [1.165, 1.54) is 0 Å². The van der Waals surface area contributed by atoms with Crippen LogP contribution in [0.3, 0.4) is 0 Å². The molecule has 0 fully saturated rings. The third-order valence-electron chi connectivity index (χ3n) is 4.28. The molecule has 1 aromatic carbocycles. The number of benzene rings is 1. The molecule has 5 nitrogen and oxygen atoms in total. The van der Waals surface area contributed by atoms with Gasteiger partial charge in [0.15, 0.2) is 0 Å². The molecular formula is C19H24N4O. The Labute approximate surface area is 142 Å². The van der Waals surface area contributed by atoms with Gasteiger partial charge in [-0.25, -0.2) is 4.68 Å². The van der Waals surface area contributed by atoms with Crippen LogP contribution < -0.4 is 5.56 Å². The first-order valence-corrected chi connectivity index (χ1v) is 8.29. The zero-order chi connectivity index (χ0) is 17.3. The van der Waals surface area contributed by atoms with Gasteiger partial charge < -0.3 is 4.90 Å². The molecule has 0 aliphatic rings. The molecule has 5 heteroatoms. The predicted molar refractivity (Wildman–Crippen MR) is 98.0 cm³/mol. The van der Waals surface area contributed by atoms with Gasteiger partial charge >= 0.3 is 0 Å². The SMILES string of the molecule is Cc1cc(=O)n(CCCN(C)C)c2c1c(C)nn2-c1ccccc1. The van der Waals surface area contributed by atoms with E-state index in [1.54, 1.807) is 6.07 Å². The Balaban J connectivity index is 2.21. The van der Waals surface area contributed by atoms with Gasteiger partial charge in [-0.2, -0.15) is 5.10 Å². The molecule has 0 aliphatic heterocycles.